The summed E-state index contributed by atoms with van der Waals surface area (Å²) in [4.78, 5) is 20.3. The SMILES string of the molecule is Cn1nnnc1C(=C(ON)c1cccc(OC(N)=O)n1)c1ccccc1. The largest absolute Gasteiger partial charge is 0.411 e. The van der Waals surface area contributed by atoms with Crippen molar-refractivity contribution in [1.29, 1.82) is 0 Å². The summed E-state index contributed by atoms with van der Waals surface area (Å²) in [5, 5.41) is 11.5. The molecule has 0 saturated heterocycles. The van der Waals surface area contributed by atoms with E-state index in [2.05, 4.69) is 20.5 Å². The van der Waals surface area contributed by atoms with Crippen LogP contribution in [-0.4, -0.2) is 31.3 Å². The number of hydrogen-bond acceptors (Lipinski definition) is 8. The Balaban J connectivity index is 2.23. The first kappa shape index (κ1) is 17.0. The van der Waals surface area contributed by atoms with Crippen LogP contribution >= 0.6 is 0 Å². The molecule has 0 unspecified atom stereocenters. The number of amides is 1. The third-order valence-corrected chi connectivity index (χ3v) is 3.41. The average Bonchev–Trinajstić information content (AvgIpc) is 3.05. The van der Waals surface area contributed by atoms with E-state index in [9.17, 15) is 4.79 Å². The van der Waals surface area contributed by atoms with E-state index in [1.54, 1.807) is 19.2 Å². The van der Waals surface area contributed by atoms with Gasteiger partial charge in [-0.3, -0.25) is 0 Å². The fourth-order valence-corrected chi connectivity index (χ4v) is 2.36. The van der Waals surface area contributed by atoms with Crippen molar-refractivity contribution in [3.63, 3.8) is 0 Å². The highest BCUT2D eigenvalue weighted by molar-refractivity contribution is 5.93. The molecule has 10 heteroatoms. The minimum atomic E-state index is -0.977. The molecule has 0 spiro atoms. The van der Waals surface area contributed by atoms with E-state index in [0.29, 0.717) is 17.1 Å². The molecule has 26 heavy (non-hydrogen) atoms. The molecule has 0 atom stereocenters. The summed E-state index contributed by atoms with van der Waals surface area (Å²) >= 11 is 0. The van der Waals surface area contributed by atoms with Gasteiger partial charge < -0.3 is 15.3 Å². The van der Waals surface area contributed by atoms with Gasteiger partial charge in [0.15, 0.2) is 11.6 Å². The lowest BCUT2D eigenvalue weighted by molar-refractivity contribution is 0.209. The predicted octanol–water partition coefficient (Wildman–Crippen LogP) is 0.869. The van der Waals surface area contributed by atoms with Crippen molar-refractivity contribution >= 4 is 17.4 Å². The summed E-state index contributed by atoms with van der Waals surface area (Å²) in [5.41, 5.74) is 6.62. The van der Waals surface area contributed by atoms with Crippen LogP contribution in [0.4, 0.5) is 4.79 Å². The zero-order valence-electron chi connectivity index (χ0n) is 13.7. The highest BCUT2D eigenvalue weighted by Crippen LogP contribution is 2.30. The number of tetrazole rings is 1. The van der Waals surface area contributed by atoms with E-state index >= 15 is 0 Å². The maximum atomic E-state index is 11.0. The molecule has 2 heterocycles. The van der Waals surface area contributed by atoms with Crippen LogP contribution in [0.25, 0.3) is 11.3 Å². The van der Waals surface area contributed by atoms with Gasteiger partial charge >= 0.3 is 6.09 Å². The molecule has 0 aliphatic heterocycles. The van der Waals surface area contributed by atoms with E-state index in [1.165, 1.54) is 10.7 Å². The van der Waals surface area contributed by atoms with Crippen LogP contribution in [0.2, 0.25) is 0 Å². The van der Waals surface area contributed by atoms with Crippen molar-refractivity contribution in [1.82, 2.24) is 25.2 Å². The Morgan fingerprint density at radius 2 is 1.88 bits per heavy atom. The zero-order chi connectivity index (χ0) is 18.5. The van der Waals surface area contributed by atoms with Crippen LogP contribution in [0.1, 0.15) is 17.1 Å². The Bertz CT molecular complexity index is 953. The number of benzene rings is 1. The Morgan fingerprint density at radius 1 is 1.12 bits per heavy atom. The average molecular weight is 353 g/mol. The molecule has 3 aromatic rings. The summed E-state index contributed by atoms with van der Waals surface area (Å²) in [5.74, 6) is 6.16. The quantitative estimate of drug-likeness (QED) is 0.508. The van der Waals surface area contributed by atoms with Crippen LogP contribution in [0.15, 0.2) is 48.5 Å². The first-order valence-electron chi connectivity index (χ1n) is 7.44. The molecule has 0 saturated carbocycles. The maximum absolute atomic E-state index is 11.0. The first-order valence-corrected chi connectivity index (χ1v) is 7.44. The number of hydrogen-bond donors (Lipinski definition) is 2. The van der Waals surface area contributed by atoms with Gasteiger partial charge in [0.25, 0.3) is 0 Å². The summed E-state index contributed by atoms with van der Waals surface area (Å²) in [6.07, 6.45) is -0.977. The number of rotatable bonds is 5. The van der Waals surface area contributed by atoms with E-state index in [0.717, 1.165) is 5.56 Å². The van der Waals surface area contributed by atoms with E-state index in [4.69, 9.17) is 21.2 Å². The molecule has 0 bridgehead atoms. The van der Waals surface area contributed by atoms with Gasteiger partial charge in [-0.2, -0.15) is 5.90 Å². The van der Waals surface area contributed by atoms with Crippen molar-refractivity contribution in [2.24, 2.45) is 18.7 Å². The topological polar surface area (TPSA) is 144 Å². The minimum Gasteiger partial charge on any atom is -0.408 e. The van der Waals surface area contributed by atoms with E-state index < -0.39 is 6.09 Å². The van der Waals surface area contributed by atoms with Crippen LogP contribution in [0.5, 0.6) is 5.88 Å². The van der Waals surface area contributed by atoms with Gasteiger partial charge in [-0.1, -0.05) is 36.4 Å². The smallest absolute Gasteiger partial charge is 0.408 e. The predicted molar refractivity (Wildman–Crippen MR) is 90.9 cm³/mol. The highest BCUT2D eigenvalue weighted by Gasteiger charge is 2.21. The van der Waals surface area contributed by atoms with Gasteiger partial charge in [-0.05, 0) is 22.1 Å². The van der Waals surface area contributed by atoms with Crippen molar-refractivity contribution in [2.75, 3.05) is 0 Å². The third kappa shape index (κ3) is 3.49. The summed E-state index contributed by atoms with van der Waals surface area (Å²) in [6, 6.07) is 14.0. The molecule has 0 aliphatic carbocycles. The first-order chi connectivity index (χ1) is 12.6. The number of nitrogens with zero attached hydrogens (tertiary/aromatic N) is 5. The fourth-order valence-electron chi connectivity index (χ4n) is 2.36. The number of primary amides is 1. The molecule has 132 valence electrons. The van der Waals surface area contributed by atoms with Gasteiger partial charge in [0.1, 0.15) is 5.69 Å². The van der Waals surface area contributed by atoms with E-state index in [1.807, 2.05) is 30.3 Å². The monoisotopic (exact) mass is 353 g/mol. The van der Waals surface area contributed by atoms with Gasteiger partial charge in [0.05, 0.1) is 5.57 Å². The minimum absolute atomic E-state index is 0.00746. The van der Waals surface area contributed by atoms with Crippen LogP contribution in [-0.2, 0) is 11.9 Å². The Hall–Kier alpha value is -3.79. The molecule has 10 nitrogen and oxygen atoms in total. The zero-order valence-corrected chi connectivity index (χ0v) is 13.7. The summed E-state index contributed by atoms with van der Waals surface area (Å²) < 4.78 is 6.29. The van der Waals surface area contributed by atoms with Gasteiger partial charge in [-0.25, -0.2) is 14.5 Å². The molecule has 1 amide bonds. The molecule has 3 rings (SSSR count). The van der Waals surface area contributed by atoms with Gasteiger partial charge in [-0.15, -0.1) is 5.10 Å². The van der Waals surface area contributed by atoms with Gasteiger partial charge in [0.2, 0.25) is 5.88 Å². The number of carbonyl (C=O) groups is 1. The summed E-state index contributed by atoms with van der Waals surface area (Å²) in [7, 11) is 1.69. The molecule has 4 N–H and O–H groups in total. The highest BCUT2D eigenvalue weighted by atomic mass is 16.6. The Kier molecular flexibility index (Phi) is 4.85. The lowest BCUT2D eigenvalue weighted by Crippen LogP contribution is -2.17. The van der Waals surface area contributed by atoms with Crippen molar-refractivity contribution in [3.8, 4) is 5.88 Å². The number of aryl methyl sites for hydroxylation is 1. The standard InChI is InChI=1S/C16H15N7O3/c1-23-15(20-21-22-23)13(10-6-3-2-4-7-10)14(26-18)11-8-5-9-12(19-11)25-16(17)24/h2-9H,18H2,1H3,(H2,17,24). The fraction of sp³-hybridized carbons (Fsp3) is 0.0625. The van der Waals surface area contributed by atoms with Crippen molar-refractivity contribution < 1.29 is 14.4 Å². The molecule has 2 aromatic heterocycles. The molecule has 0 radical (unpaired) electrons. The number of carbonyl (C=O) groups excluding carboxylic acids is 1. The lowest BCUT2D eigenvalue weighted by Gasteiger charge is -2.13. The number of pyridine rings is 1. The molecule has 0 aliphatic rings. The van der Waals surface area contributed by atoms with Crippen molar-refractivity contribution in [2.45, 2.75) is 0 Å². The molecule has 1 aromatic carbocycles. The number of ether oxygens (including phenoxy) is 1. The second kappa shape index (κ2) is 7.40. The Morgan fingerprint density at radius 3 is 2.50 bits per heavy atom. The number of aromatic nitrogens is 5. The maximum Gasteiger partial charge on any atom is 0.411 e. The van der Waals surface area contributed by atoms with Crippen LogP contribution in [0, 0.1) is 0 Å². The molecular formula is C16H15N7O3. The van der Waals surface area contributed by atoms with Crippen LogP contribution in [0.3, 0.4) is 0 Å². The Labute approximate surface area is 148 Å². The van der Waals surface area contributed by atoms with Crippen molar-refractivity contribution in [3.05, 3.63) is 65.6 Å². The lowest BCUT2D eigenvalue weighted by atomic mass is 10.0. The van der Waals surface area contributed by atoms with Crippen LogP contribution < -0.4 is 16.4 Å². The molecular weight excluding hydrogens is 338 g/mol. The molecule has 0 fully saturated rings. The second-order valence-electron chi connectivity index (χ2n) is 5.10. The van der Waals surface area contributed by atoms with E-state index in [-0.39, 0.29) is 11.6 Å². The third-order valence-electron chi connectivity index (χ3n) is 3.41. The van der Waals surface area contributed by atoms with Gasteiger partial charge in [0, 0.05) is 13.1 Å². The summed E-state index contributed by atoms with van der Waals surface area (Å²) in [6.45, 7) is 0. The number of nitrogens with two attached hydrogens (primary N) is 2. The second-order valence-corrected chi connectivity index (χ2v) is 5.10. The normalized spacial score (nSPS) is 11.6.